The van der Waals surface area contributed by atoms with E-state index in [1.807, 2.05) is 18.3 Å². The summed E-state index contributed by atoms with van der Waals surface area (Å²) in [6.45, 7) is 1.78. The first kappa shape index (κ1) is 10.9. The Morgan fingerprint density at radius 1 is 1.69 bits per heavy atom. The molecule has 0 bridgehead atoms. The number of hydrogen-bond acceptors (Lipinski definition) is 4. The maximum absolute atomic E-state index is 8.70. The molecule has 16 heavy (non-hydrogen) atoms. The number of nitrogens with zero attached hydrogens (tertiary/aromatic N) is 3. The number of likely N-dealkylation sites (tertiary alicyclic amines) is 1. The van der Waals surface area contributed by atoms with Crippen LogP contribution in [0.4, 0.5) is 0 Å². The lowest BCUT2D eigenvalue weighted by Gasteiger charge is -2.22. The summed E-state index contributed by atoms with van der Waals surface area (Å²) < 4.78 is 0. The standard InChI is InChI=1S/C11H16N4O/c12-11(14-16)10-4-2-6-15(10)8-9-3-1-5-13-7-9/h1,3,5,7,10,16H,2,4,6,8H2,(H2,12,14). The molecule has 0 aromatic carbocycles. The van der Waals surface area contributed by atoms with Crippen LogP contribution in [0.25, 0.3) is 0 Å². The van der Waals surface area contributed by atoms with Crippen molar-refractivity contribution >= 4 is 5.84 Å². The molecule has 1 aromatic rings. The van der Waals surface area contributed by atoms with Crippen LogP contribution in [-0.4, -0.2) is 33.5 Å². The first-order chi connectivity index (χ1) is 7.81. The molecule has 0 amide bonds. The van der Waals surface area contributed by atoms with E-state index in [0.717, 1.165) is 31.5 Å². The third-order valence-corrected chi connectivity index (χ3v) is 2.93. The lowest BCUT2D eigenvalue weighted by Crippen LogP contribution is -2.40. The molecule has 1 aromatic heterocycles. The largest absolute Gasteiger partial charge is 0.409 e. The van der Waals surface area contributed by atoms with Gasteiger partial charge in [0.2, 0.25) is 0 Å². The van der Waals surface area contributed by atoms with E-state index in [1.54, 1.807) is 6.20 Å². The molecule has 0 aliphatic carbocycles. The van der Waals surface area contributed by atoms with Gasteiger partial charge in [-0.05, 0) is 31.0 Å². The van der Waals surface area contributed by atoms with Crippen molar-refractivity contribution in [3.8, 4) is 0 Å². The molecule has 1 aliphatic heterocycles. The minimum Gasteiger partial charge on any atom is -0.409 e. The van der Waals surface area contributed by atoms with Crippen molar-refractivity contribution in [3.63, 3.8) is 0 Å². The van der Waals surface area contributed by atoms with Gasteiger partial charge in [0.1, 0.15) is 0 Å². The molecule has 5 heteroatoms. The lowest BCUT2D eigenvalue weighted by molar-refractivity contribution is 0.274. The normalized spacial score (nSPS) is 22.5. The van der Waals surface area contributed by atoms with Crippen LogP contribution in [0.3, 0.4) is 0 Å². The fourth-order valence-corrected chi connectivity index (χ4v) is 2.14. The molecule has 1 fully saturated rings. The lowest BCUT2D eigenvalue weighted by atomic mass is 10.2. The zero-order valence-corrected chi connectivity index (χ0v) is 9.08. The predicted octanol–water partition coefficient (Wildman–Crippen LogP) is 0.792. The van der Waals surface area contributed by atoms with Crippen LogP contribution in [-0.2, 0) is 6.54 Å². The van der Waals surface area contributed by atoms with E-state index in [9.17, 15) is 0 Å². The molecule has 1 atom stereocenters. The number of rotatable bonds is 3. The van der Waals surface area contributed by atoms with Crippen LogP contribution in [0, 0.1) is 0 Å². The van der Waals surface area contributed by atoms with Crippen LogP contribution in [0.1, 0.15) is 18.4 Å². The maximum atomic E-state index is 8.70. The molecule has 1 saturated heterocycles. The molecule has 1 aliphatic rings. The summed E-state index contributed by atoms with van der Waals surface area (Å²) in [5.41, 5.74) is 6.82. The number of aromatic nitrogens is 1. The minimum absolute atomic E-state index is 0.0604. The Bertz CT molecular complexity index is 366. The van der Waals surface area contributed by atoms with Crippen molar-refractivity contribution in [2.24, 2.45) is 10.9 Å². The van der Waals surface area contributed by atoms with Crippen LogP contribution < -0.4 is 5.73 Å². The van der Waals surface area contributed by atoms with Crippen LogP contribution >= 0.6 is 0 Å². The summed E-state index contributed by atoms with van der Waals surface area (Å²) >= 11 is 0. The Morgan fingerprint density at radius 3 is 3.25 bits per heavy atom. The van der Waals surface area contributed by atoms with Crippen molar-refractivity contribution in [2.75, 3.05) is 6.54 Å². The Balaban J connectivity index is 2.04. The monoisotopic (exact) mass is 220 g/mol. The maximum Gasteiger partial charge on any atom is 0.156 e. The van der Waals surface area contributed by atoms with Crippen molar-refractivity contribution in [1.82, 2.24) is 9.88 Å². The highest BCUT2D eigenvalue weighted by molar-refractivity contribution is 5.85. The van der Waals surface area contributed by atoms with Gasteiger partial charge in [-0.25, -0.2) is 0 Å². The molecule has 5 nitrogen and oxygen atoms in total. The van der Waals surface area contributed by atoms with E-state index in [4.69, 9.17) is 10.9 Å². The molecule has 3 N–H and O–H groups in total. The second-order valence-electron chi connectivity index (χ2n) is 4.01. The highest BCUT2D eigenvalue weighted by Gasteiger charge is 2.27. The van der Waals surface area contributed by atoms with E-state index in [1.165, 1.54) is 0 Å². The molecular weight excluding hydrogens is 204 g/mol. The Labute approximate surface area is 94.6 Å². The summed E-state index contributed by atoms with van der Waals surface area (Å²) in [5, 5.41) is 11.8. The second kappa shape index (κ2) is 4.94. The Morgan fingerprint density at radius 2 is 2.56 bits per heavy atom. The molecule has 2 rings (SSSR count). The fourth-order valence-electron chi connectivity index (χ4n) is 2.14. The SMILES string of the molecule is NC(=NO)C1CCCN1Cc1cccnc1. The highest BCUT2D eigenvalue weighted by Crippen LogP contribution is 2.19. The van der Waals surface area contributed by atoms with Gasteiger partial charge in [-0.2, -0.15) is 0 Å². The summed E-state index contributed by atoms with van der Waals surface area (Å²) in [6, 6.07) is 4.02. The van der Waals surface area contributed by atoms with Crippen molar-refractivity contribution in [3.05, 3.63) is 30.1 Å². The van der Waals surface area contributed by atoms with E-state index >= 15 is 0 Å². The smallest absolute Gasteiger partial charge is 0.156 e. The van der Waals surface area contributed by atoms with Crippen molar-refractivity contribution < 1.29 is 5.21 Å². The van der Waals surface area contributed by atoms with Crippen LogP contribution in [0.5, 0.6) is 0 Å². The predicted molar refractivity (Wildman–Crippen MR) is 61.1 cm³/mol. The molecule has 86 valence electrons. The van der Waals surface area contributed by atoms with Gasteiger partial charge in [0, 0.05) is 18.9 Å². The van der Waals surface area contributed by atoms with Gasteiger partial charge >= 0.3 is 0 Å². The third kappa shape index (κ3) is 2.30. The molecule has 2 heterocycles. The van der Waals surface area contributed by atoms with Crippen LogP contribution in [0.2, 0.25) is 0 Å². The molecule has 0 saturated carbocycles. The van der Waals surface area contributed by atoms with E-state index < -0.39 is 0 Å². The van der Waals surface area contributed by atoms with Gasteiger partial charge in [0.25, 0.3) is 0 Å². The fraction of sp³-hybridized carbons (Fsp3) is 0.455. The van der Waals surface area contributed by atoms with E-state index in [-0.39, 0.29) is 6.04 Å². The van der Waals surface area contributed by atoms with Crippen molar-refractivity contribution in [2.45, 2.75) is 25.4 Å². The summed E-state index contributed by atoms with van der Waals surface area (Å²) in [6.07, 6.45) is 5.65. The molecule has 1 unspecified atom stereocenters. The van der Waals surface area contributed by atoms with Gasteiger partial charge in [0.05, 0.1) is 6.04 Å². The molecule has 0 spiro atoms. The first-order valence-corrected chi connectivity index (χ1v) is 5.41. The Hall–Kier alpha value is -1.62. The van der Waals surface area contributed by atoms with Crippen molar-refractivity contribution in [1.29, 1.82) is 0 Å². The zero-order valence-electron chi connectivity index (χ0n) is 9.08. The number of oxime groups is 1. The second-order valence-corrected chi connectivity index (χ2v) is 4.01. The van der Waals surface area contributed by atoms with Gasteiger partial charge in [-0.15, -0.1) is 0 Å². The number of nitrogens with two attached hydrogens (primary N) is 1. The minimum atomic E-state index is 0.0604. The average Bonchev–Trinajstić information content (AvgIpc) is 2.77. The van der Waals surface area contributed by atoms with Gasteiger partial charge in [-0.3, -0.25) is 9.88 Å². The third-order valence-electron chi connectivity index (χ3n) is 2.93. The summed E-state index contributed by atoms with van der Waals surface area (Å²) in [4.78, 5) is 6.29. The number of hydrogen-bond donors (Lipinski definition) is 2. The summed E-state index contributed by atoms with van der Waals surface area (Å²) in [5.74, 6) is 0.307. The van der Waals surface area contributed by atoms with Gasteiger partial charge in [-0.1, -0.05) is 11.2 Å². The van der Waals surface area contributed by atoms with Crippen LogP contribution in [0.15, 0.2) is 29.7 Å². The van der Waals surface area contributed by atoms with E-state index in [2.05, 4.69) is 15.0 Å². The average molecular weight is 220 g/mol. The summed E-state index contributed by atoms with van der Waals surface area (Å²) in [7, 11) is 0. The Kier molecular flexibility index (Phi) is 3.36. The molecular formula is C11H16N4O. The zero-order chi connectivity index (χ0) is 11.4. The topological polar surface area (TPSA) is 74.7 Å². The van der Waals surface area contributed by atoms with Gasteiger partial charge in [0.15, 0.2) is 5.84 Å². The quantitative estimate of drug-likeness (QED) is 0.342. The van der Waals surface area contributed by atoms with E-state index in [0.29, 0.717) is 5.84 Å². The molecule has 0 radical (unpaired) electrons. The number of amidine groups is 1. The first-order valence-electron chi connectivity index (χ1n) is 5.41. The highest BCUT2D eigenvalue weighted by atomic mass is 16.4. The number of pyridine rings is 1. The van der Waals surface area contributed by atoms with Gasteiger partial charge < -0.3 is 10.9 Å².